The lowest BCUT2D eigenvalue weighted by Gasteiger charge is -2.28. The van der Waals surface area contributed by atoms with Gasteiger partial charge in [0.25, 0.3) is 0 Å². The molecule has 5 rings (SSSR count). The zero-order valence-corrected chi connectivity index (χ0v) is 19.7. The van der Waals surface area contributed by atoms with E-state index in [1.807, 2.05) is 6.92 Å². The fourth-order valence-corrected chi connectivity index (χ4v) is 5.39. The van der Waals surface area contributed by atoms with E-state index in [2.05, 4.69) is 0 Å². The quantitative estimate of drug-likeness (QED) is 0.273. The number of ketones is 3. The smallest absolute Gasteiger partial charge is 0.339 e. The molecule has 5 N–H and O–H groups in total. The highest BCUT2D eigenvalue weighted by atomic mass is 16.4. The lowest BCUT2D eigenvalue weighted by Crippen LogP contribution is -2.23. The molecule has 2 aliphatic carbocycles. The first kappa shape index (κ1) is 24.1. The molecule has 0 fully saturated rings. The molecule has 0 unspecified atom stereocenters. The summed E-state index contributed by atoms with van der Waals surface area (Å²) in [5.41, 5.74) is -0.259. The summed E-state index contributed by atoms with van der Waals surface area (Å²) in [6, 6.07) is 4.85. The van der Waals surface area contributed by atoms with E-state index in [4.69, 9.17) is 0 Å². The Morgan fingerprint density at radius 1 is 0.811 bits per heavy atom. The van der Waals surface area contributed by atoms with Gasteiger partial charge in [-0.25, -0.2) is 4.79 Å². The van der Waals surface area contributed by atoms with Crippen LogP contribution in [0.3, 0.4) is 0 Å². The first-order valence-corrected chi connectivity index (χ1v) is 11.7. The van der Waals surface area contributed by atoms with Crippen molar-refractivity contribution in [3.63, 3.8) is 0 Å². The normalized spacial score (nSPS) is 13.4. The van der Waals surface area contributed by atoms with Crippen molar-refractivity contribution in [1.29, 1.82) is 0 Å². The molecule has 188 valence electrons. The van der Waals surface area contributed by atoms with E-state index in [1.165, 1.54) is 6.07 Å². The lowest BCUT2D eigenvalue weighted by molar-refractivity contribution is -0.118. The molecular weight excluding hydrogens is 480 g/mol. The van der Waals surface area contributed by atoms with Crippen LogP contribution < -0.4 is 0 Å². The Labute approximate surface area is 210 Å². The first-order valence-electron chi connectivity index (χ1n) is 11.7. The number of carboxylic acids is 1. The number of aryl methyl sites for hydroxylation is 1. The Morgan fingerprint density at radius 2 is 1.51 bits per heavy atom. The van der Waals surface area contributed by atoms with E-state index >= 15 is 0 Å². The number of hydrogen-bond acceptors (Lipinski definition) is 8. The van der Waals surface area contributed by atoms with Gasteiger partial charge in [-0.05, 0) is 48.1 Å². The highest BCUT2D eigenvalue weighted by molar-refractivity contribution is 6.31. The van der Waals surface area contributed by atoms with E-state index in [-0.39, 0.29) is 76.0 Å². The van der Waals surface area contributed by atoms with Crippen LogP contribution in [0.5, 0.6) is 23.0 Å². The molecule has 0 heterocycles. The number of carbonyl (C=O) groups excluding carboxylic acids is 3. The minimum Gasteiger partial charge on any atom is -0.508 e. The van der Waals surface area contributed by atoms with Crippen molar-refractivity contribution in [3.8, 4) is 34.1 Å². The van der Waals surface area contributed by atoms with Crippen LogP contribution >= 0.6 is 0 Å². The molecule has 0 atom stereocenters. The van der Waals surface area contributed by atoms with Crippen molar-refractivity contribution in [2.75, 3.05) is 0 Å². The number of hydrogen-bond donors (Lipinski definition) is 5. The van der Waals surface area contributed by atoms with E-state index in [0.717, 1.165) is 12.1 Å². The third-order valence-electron chi connectivity index (χ3n) is 6.96. The number of phenolic OH excluding ortho intramolecular Hbond substituents is 3. The van der Waals surface area contributed by atoms with Crippen molar-refractivity contribution in [2.24, 2.45) is 0 Å². The van der Waals surface area contributed by atoms with Gasteiger partial charge in [0, 0.05) is 41.2 Å². The molecule has 0 spiro atoms. The maximum Gasteiger partial charge on any atom is 0.339 e. The summed E-state index contributed by atoms with van der Waals surface area (Å²) in [6.45, 7) is 1.83. The Bertz CT molecular complexity index is 1580. The number of aromatic carboxylic acids is 1. The van der Waals surface area contributed by atoms with Gasteiger partial charge in [-0.1, -0.05) is 13.0 Å². The summed E-state index contributed by atoms with van der Waals surface area (Å²) in [6.07, 6.45) is 1.19. The third-order valence-corrected chi connectivity index (χ3v) is 6.96. The van der Waals surface area contributed by atoms with Crippen LogP contribution in [0.2, 0.25) is 0 Å². The van der Waals surface area contributed by atoms with Gasteiger partial charge in [-0.2, -0.15) is 0 Å². The van der Waals surface area contributed by atoms with Gasteiger partial charge in [0.15, 0.2) is 5.78 Å². The molecule has 2 aliphatic rings. The van der Waals surface area contributed by atoms with Gasteiger partial charge >= 0.3 is 5.97 Å². The minimum atomic E-state index is -1.43. The van der Waals surface area contributed by atoms with Crippen LogP contribution in [0.1, 0.15) is 78.7 Å². The van der Waals surface area contributed by atoms with Crippen LogP contribution in [-0.4, -0.2) is 48.9 Å². The summed E-state index contributed by atoms with van der Waals surface area (Å²) in [5, 5.41) is 52.2. The number of Topliss-reactive ketones (excluding diaryl/α,β-unsaturated/α-hetero) is 1. The number of aromatic hydroxyl groups is 4. The van der Waals surface area contributed by atoms with E-state index in [9.17, 15) is 44.7 Å². The number of carboxylic acid groups (broad SMARTS) is 1. The number of phenols is 4. The summed E-state index contributed by atoms with van der Waals surface area (Å²) >= 11 is 0. The number of fused-ring (bicyclic) bond motifs is 5. The highest BCUT2D eigenvalue weighted by Gasteiger charge is 2.38. The molecule has 0 saturated carbocycles. The molecule has 9 nitrogen and oxygen atoms in total. The molecule has 0 aromatic heterocycles. The monoisotopic (exact) mass is 502 g/mol. The Kier molecular flexibility index (Phi) is 5.51. The lowest BCUT2D eigenvalue weighted by atomic mass is 9.75. The van der Waals surface area contributed by atoms with E-state index in [0.29, 0.717) is 12.0 Å². The fraction of sp³-hybridized carbons (Fsp3) is 0.214. The zero-order chi connectivity index (χ0) is 26.8. The fourth-order valence-electron chi connectivity index (χ4n) is 5.39. The van der Waals surface area contributed by atoms with Gasteiger partial charge in [-0.15, -0.1) is 0 Å². The van der Waals surface area contributed by atoms with Crippen LogP contribution in [0.15, 0.2) is 24.3 Å². The standard InChI is InChI=1S/C28H22O9/c1-2-3-13(29)7-12-6-11-4-5-15-16(20(11)26(34)21(12)28(36)37)10-18-23(25(15)33)27(35)22-17(24(18)32)8-14(30)9-19(22)31/h6,8-10,30-31,33-34H,2-5,7H2,1H3,(H,36,37). The predicted molar refractivity (Wildman–Crippen MR) is 130 cm³/mol. The molecule has 0 radical (unpaired) electrons. The summed E-state index contributed by atoms with van der Waals surface area (Å²) in [4.78, 5) is 50.9. The molecule has 0 bridgehead atoms. The van der Waals surface area contributed by atoms with E-state index < -0.39 is 46.1 Å². The maximum absolute atomic E-state index is 13.3. The molecule has 3 aromatic rings. The maximum atomic E-state index is 13.3. The van der Waals surface area contributed by atoms with Crippen molar-refractivity contribution in [2.45, 2.75) is 39.0 Å². The highest BCUT2D eigenvalue weighted by Crippen LogP contribution is 2.49. The van der Waals surface area contributed by atoms with E-state index in [1.54, 1.807) is 6.07 Å². The van der Waals surface area contributed by atoms with Crippen molar-refractivity contribution < 1.29 is 44.7 Å². The summed E-state index contributed by atoms with van der Waals surface area (Å²) in [5.74, 6) is -5.24. The second-order valence-corrected chi connectivity index (χ2v) is 9.28. The molecular formula is C28H22O9. The molecule has 9 heteroatoms. The van der Waals surface area contributed by atoms with Gasteiger partial charge in [-0.3, -0.25) is 14.4 Å². The molecule has 3 aromatic carbocycles. The topological polar surface area (TPSA) is 169 Å². The summed E-state index contributed by atoms with van der Waals surface area (Å²) < 4.78 is 0. The second kappa shape index (κ2) is 8.48. The number of carbonyl (C=O) groups is 4. The van der Waals surface area contributed by atoms with Gasteiger partial charge in [0.1, 0.15) is 34.3 Å². The third kappa shape index (κ3) is 3.54. The Morgan fingerprint density at radius 3 is 2.19 bits per heavy atom. The van der Waals surface area contributed by atoms with Crippen LogP contribution in [-0.2, 0) is 24.1 Å². The van der Waals surface area contributed by atoms with Gasteiger partial charge in [0.2, 0.25) is 5.78 Å². The van der Waals surface area contributed by atoms with Crippen molar-refractivity contribution >= 4 is 23.3 Å². The average molecular weight is 502 g/mol. The summed E-state index contributed by atoms with van der Waals surface area (Å²) in [7, 11) is 0. The predicted octanol–water partition coefficient (Wildman–Crippen LogP) is 3.66. The van der Waals surface area contributed by atoms with Crippen molar-refractivity contribution in [1.82, 2.24) is 0 Å². The van der Waals surface area contributed by atoms with Gasteiger partial charge < -0.3 is 25.5 Å². The second-order valence-electron chi connectivity index (χ2n) is 9.28. The minimum absolute atomic E-state index is 0.105. The SMILES string of the molecule is CCCC(=O)Cc1cc2c(c(O)c1C(=O)O)-c1cc3c(c(O)c1CC2)C(=O)c1c(O)cc(O)cc1C3=O. The number of rotatable bonds is 5. The van der Waals surface area contributed by atoms with Gasteiger partial charge in [0.05, 0.1) is 11.1 Å². The molecule has 37 heavy (non-hydrogen) atoms. The Balaban J connectivity index is 1.75. The Hall–Kier alpha value is -4.66. The first-order chi connectivity index (χ1) is 17.5. The van der Waals surface area contributed by atoms with Crippen LogP contribution in [0.25, 0.3) is 11.1 Å². The average Bonchev–Trinajstić information content (AvgIpc) is 2.81. The van der Waals surface area contributed by atoms with Crippen molar-refractivity contribution in [3.05, 3.63) is 68.8 Å². The van der Waals surface area contributed by atoms with Crippen LogP contribution in [0.4, 0.5) is 0 Å². The molecule has 0 aliphatic heterocycles. The molecule has 0 saturated heterocycles. The zero-order valence-electron chi connectivity index (χ0n) is 19.7. The molecule has 0 amide bonds. The number of benzene rings is 3. The largest absolute Gasteiger partial charge is 0.508 e. The van der Waals surface area contributed by atoms with Crippen LogP contribution in [0, 0.1) is 0 Å².